The molecule has 8 aromatic carbocycles. The highest BCUT2D eigenvalue weighted by atomic mass is 16.3. The second-order valence-corrected chi connectivity index (χ2v) is 11.4. The van der Waals surface area contributed by atoms with E-state index in [1.54, 1.807) is 0 Å². The molecule has 206 valence electrons. The van der Waals surface area contributed by atoms with Crippen LogP contribution in [0.5, 0.6) is 0 Å². The predicted octanol–water partition coefficient (Wildman–Crippen LogP) is 12.2. The molecule has 2 nitrogen and oxygen atoms in total. The van der Waals surface area contributed by atoms with Crippen molar-refractivity contribution in [3.63, 3.8) is 0 Å². The Bertz CT molecular complexity index is 2510. The van der Waals surface area contributed by atoms with Crippen LogP contribution in [-0.4, -0.2) is 0 Å². The first-order chi connectivity index (χ1) is 21.8. The summed E-state index contributed by atoms with van der Waals surface area (Å²) in [6.07, 6.45) is 0. The van der Waals surface area contributed by atoms with Gasteiger partial charge in [-0.3, -0.25) is 0 Å². The maximum absolute atomic E-state index is 6.27. The monoisotopic (exact) mass is 561 g/mol. The normalized spacial score (nSPS) is 11.6. The van der Waals surface area contributed by atoms with Gasteiger partial charge in [0.2, 0.25) is 0 Å². The van der Waals surface area contributed by atoms with Crippen molar-refractivity contribution in [2.24, 2.45) is 0 Å². The molecule has 0 bridgehead atoms. The molecule has 0 aliphatic rings. The molecule has 0 N–H and O–H groups in total. The molecule has 0 spiro atoms. The summed E-state index contributed by atoms with van der Waals surface area (Å²) in [7, 11) is 0. The summed E-state index contributed by atoms with van der Waals surface area (Å²) >= 11 is 0. The minimum absolute atomic E-state index is 0.908. The van der Waals surface area contributed by atoms with Crippen LogP contribution in [0.3, 0.4) is 0 Å². The van der Waals surface area contributed by atoms with Crippen LogP contribution in [0.1, 0.15) is 0 Å². The van der Waals surface area contributed by atoms with Crippen molar-refractivity contribution < 1.29 is 4.42 Å². The van der Waals surface area contributed by atoms with E-state index in [4.69, 9.17) is 4.42 Å². The van der Waals surface area contributed by atoms with Crippen molar-refractivity contribution in [1.82, 2.24) is 0 Å². The Hall–Kier alpha value is -5.86. The highest BCUT2D eigenvalue weighted by molar-refractivity contribution is 6.11. The van der Waals surface area contributed by atoms with Crippen LogP contribution in [0.2, 0.25) is 0 Å². The quantitative estimate of drug-likeness (QED) is 0.199. The predicted molar refractivity (Wildman–Crippen MR) is 186 cm³/mol. The SMILES string of the molecule is c1ccc(-c2cccc(N(c3ccc4cc5c(cc4c3)oc3ccccc35)c3ccc4ccc5ccccc5c4c3)c2)cc1. The second kappa shape index (κ2) is 9.86. The Morgan fingerprint density at radius 1 is 0.318 bits per heavy atom. The lowest BCUT2D eigenvalue weighted by molar-refractivity contribution is 0.669. The van der Waals surface area contributed by atoms with Gasteiger partial charge in [-0.15, -0.1) is 0 Å². The van der Waals surface area contributed by atoms with Crippen LogP contribution >= 0.6 is 0 Å². The van der Waals surface area contributed by atoms with Crippen molar-refractivity contribution in [2.45, 2.75) is 0 Å². The maximum atomic E-state index is 6.27. The third-order valence-corrected chi connectivity index (χ3v) is 8.78. The lowest BCUT2D eigenvalue weighted by Crippen LogP contribution is -2.10. The number of benzene rings is 8. The Labute approximate surface area is 255 Å². The van der Waals surface area contributed by atoms with E-state index >= 15 is 0 Å². The van der Waals surface area contributed by atoms with Gasteiger partial charge in [0, 0.05) is 27.8 Å². The van der Waals surface area contributed by atoms with E-state index in [1.165, 1.54) is 38.1 Å². The van der Waals surface area contributed by atoms with Gasteiger partial charge in [0.1, 0.15) is 11.2 Å². The molecule has 2 heteroatoms. The average molecular weight is 562 g/mol. The number of fused-ring (bicyclic) bond motifs is 7. The number of furan rings is 1. The smallest absolute Gasteiger partial charge is 0.136 e. The van der Waals surface area contributed by atoms with Gasteiger partial charge in [0.15, 0.2) is 0 Å². The van der Waals surface area contributed by atoms with Gasteiger partial charge < -0.3 is 9.32 Å². The number of para-hydroxylation sites is 1. The molecule has 0 fully saturated rings. The lowest BCUT2D eigenvalue weighted by Gasteiger charge is -2.27. The Morgan fingerprint density at radius 3 is 1.86 bits per heavy atom. The van der Waals surface area contributed by atoms with Crippen molar-refractivity contribution in [3.8, 4) is 11.1 Å². The highest BCUT2D eigenvalue weighted by Crippen LogP contribution is 2.41. The van der Waals surface area contributed by atoms with Crippen molar-refractivity contribution in [2.75, 3.05) is 4.90 Å². The third-order valence-electron chi connectivity index (χ3n) is 8.78. The molecule has 1 heterocycles. The molecule has 9 rings (SSSR count). The lowest BCUT2D eigenvalue weighted by atomic mass is 10.00. The third kappa shape index (κ3) is 4.04. The molecular formula is C42H27NO. The summed E-state index contributed by atoms with van der Waals surface area (Å²) in [6.45, 7) is 0. The standard InChI is InChI=1S/C42H27NO/c1-2-9-28(10-3-1)31-12-8-13-34(23-31)43(36-21-19-30-18-17-29-11-4-5-14-37(29)39(30)27-36)35-22-20-32-25-40-38-15-6-7-16-41(38)44-42(40)26-33(32)24-35/h1-27H. The summed E-state index contributed by atoms with van der Waals surface area (Å²) < 4.78 is 6.27. The minimum atomic E-state index is 0.908. The molecule has 0 aliphatic heterocycles. The first-order valence-electron chi connectivity index (χ1n) is 15.0. The van der Waals surface area contributed by atoms with Crippen LogP contribution < -0.4 is 4.90 Å². The van der Waals surface area contributed by atoms with Crippen LogP contribution in [0.4, 0.5) is 17.1 Å². The van der Waals surface area contributed by atoms with Crippen LogP contribution in [0, 0.1) is 0 Å². The van der Waals surface area contributed by atoms with E-state index in [9.17, 15) is 0 Å². The fraction of sp³-hybridized carbons (Fsp3) is 0. The van der Waals surface area contributed by atoms with Gasteiger partial charge in [-0.05, 0) is 98.0 Å². The van der Waals surface area contributed by atoms with Crippen molar-refractivity contribution >= 4 is 71.3 Å². The molecule has 0 radical (unpaired) electrons. The van der Waals surface area contributed by atoms with Gasteiger partial charge in [0.05, 0.1) is 0 Å². The number of hydrogen-bond donors (Lipinski definition) is 0. The second-order valence-electron chi connectivity index (χ2n) is 11.4. The van der Waals surface area contributed by atoms with Crippen LogP contribution in [-0.2, 0) is 0 Å². The van der Waals surface area contributed by atoms with Gasteiger partial charge in [-0.25, -0.2) is 0 Å². The summed E-state index contributed by atoms with van der Waals surface area (Å²) in [5.41, 5.74) is 7.52. The van der Waals surface area contributed by atoms with Gasteiger partial charge in [0.25, 0.3) is 0 Å². The molecule has 0 aliphatic carbocycles. The van der Waals surface area contributed by atoms with E-state index in [0.29, 0.717) is 0 Å². The zero-order valence-corrected chi connectivity index (χ0v) is 23.9. The largest absolute Gasteiger partial charge is 0.456 e. The van der Waals surface area contributed by atoms with E-state index in [-0.39, 0.29) is 0 Å². The summed E-state index contributed by atoms with van der Waals surface area (Å²) in [5, 5.41) is 9.61. The van der Waals surface area contributed by atoms with Gasteiger partial charge >= 0.3 is 0 Å². The first-order valence-corrected chi connectivity index (χ1v) is 15.0. The van der Waals surface area contributed by atoms with Crippen molar-refractivity contribution in [3.05, 3.63) is 164 Å². The zero-order chi connectivity index (χ0) is 29.0. The Morgan fingerprint density at radius 2 is 0.977 bits per heavy atom. The molecule has 0 saturated heterocycles. The van der Waals surface area contributed by atoms with Crippen LogP contribution in [0.25, 0.3) is 65.4 Å². The number of hydrogen-bond acceptors (Lipinski definition) is 2. The number of nitrogens with zero attached hydrogens (tertiary/aromatic N) is 1. The topological polar surface area (TPSA) is 16.4 Å². The first kappa shape index (κ1) is 24.7. The van der Waals surface area contributed by atoms with Gasteiger partial charge in [-0.2, -0.15) is 0 Å². The minimum Gasteiger partial charge on any atom is -0.456 e. The molecule has 1 aromatic heterocycles. The molecule has 0 atom stereocenters. The zero-order valence-electron chi connectivity index (χ0n) is 23.9. The van der Waals surface area contributed by atoms with E-state index in [2.05, 4.69) is 157 Å². The van der Waals surface area contributed by atoms with E-state index in [0.717, 1.165) is 44.4 Å². The Balaban J connectivity index is 1.27. The number of rotatable bonds is 4. The summed E-state index contributed by atoms with van der Waals surface area (Å²) in [4.78, 5) is 2.37. The fourth-order valence-corrected chi connectivity index (χ4v) is 6.63. The Kier molecular flexibility index (Phi) is 5.54. The van der Waals surface area contributed by atoms with Crippen LogP contribution in [0.15, 0.2) is 168 Å². The van der Waals surface area contributed by atoms with E-state index in [1.807, 2.05) is 12.1 Å². The van der Waals surface area contributed by atoms with Gasteiger partial charge in [-0.1, -0.05) is 109 Å². The maximum Gasteiger partial charge on any atom is 0.136 e. The highest BCUT2D eigenvalue weighted by Gasteiger charge is 2.16. The molecule has 0 saturated carbocycles. The fourth-order valence-electron chi connectivity index (χ4n) is 6.63. The molecule has 0 unspecified atom stereocenters. The average Bonchev–Trinajstić information content (AvgIpc) is 3.45. The summed E-state index contributed by atoms with van der Waals surface area (Å²) in [6, 6.07) is 58.7. The molecular weight excluding hydrogens is 534 g/mol. The van der Waals surface area contributed by atoms with E-state index < -0.39 is 0 Å². The molecule has 0 amide bonds. The summed E-state index contributed by atoms with van der Waals surface area (Å²) in [5.74, 6) is 0. The molecule has 9 aromatic rings. The molecule has 44 heavy (non-hydrogen) atoms. The van der Waals surface area contributed by atoms with Crippen molar-refractivity contribution in [1.29, 1.82) is 0 Å². The number of anilines is 3.